The zero-order valence-electron chi connectivity index (χ0n) is 17.2. The third kappa shape index (κ3) is 6.76. The molecule has 1 fully saturated rings. The molecular formula is C20H25N5O4S. The minimum atomic E-state index is -3.72. The second-order valence-corrected chi connectivity index (χ2v) is 9.53. The van der Waals surface area contributed by atoms with Crippen LogP contribution in [0, 0.1) is 22.7 Å². The molecule has 30 heavy (non-hydrogen) atoms. The van der Waals surface area contributed by atoms with Crippen molar-refractivity contribution in [1.82, 2.24) is 9.62 Å². The van der Waals surface area contributed by atoms with Gasteiger partial charge in [-0.1, -0.05) is 0 Å². The Balaban J connectivity index is 1.93. The first-order valence-corrected chi connectivity index (χ1v) is 10.9. The van der Waals surface area contributed by atoms with Gasteiger partial charge in [0.05, 0.1) is 4.90 Å². The van der Waals surface area contributed by atoms with E-state index in [-0.39, 0.29) is 16.5 Å². The zero-order valence-corrected chi connectivity index (χ0v) is 18.0. The smallest absolute Gasteiger partial charge is 0.410 e. The highest BCUT2D eigenvalue weighted by Gasteiger charge is 2.29. The first-order chi connectivity index (χ1) is 14.0. The summed E-state index contributed by atoms with van der Waals surface area (Å²) in [4.78, 5) is 13.8. The van der Waals surface area contributed by atoms with E-state index in [0.29, 0.717) is 31.6 Å². The van der Waals surface area contributed by atoms with Crippen LogP contribution in [-0.4, -0.2) is 44.1 Å². The number of hydrogen-bond acceptors (Lipinski definition) is 7. The maximum absolute atomic E-state index is 12.6. The molecule has 1 aromatic rings. The van der Waals surface area contributed by atoms with E-state index >= 15 is 0 Å². The normalized spacial score (nSPS) is 14.9. The Kier molecular flexibility index (Phi) is 7.43. The van der Waals surface area contributed by atoms with Crippen molar-refractivity contribution in [3.8, 4) is 12.1 Å². The first-order valence-electron chi connectivity index (χ1n) is 9.41. The molecule has 0 atom stereocenters. The quantitative estimate of drug-likeness (QED) is 0.684. The summed E-state index contributed by atoms with van der Waals surface area (Å²) in [5.74, 6) is 0. The lowest BCUT2D eigenvalue weighted by molar-refractivity contribution is 0.0203. The van der Waals surface area contributed by atoms with E-state index in [2.05, 4.69) is 10.0 Å². The zero-order chi connectivity index (χ0) is 22.4. The maximum Gasteiger partial charge on any atom is 0.410 e. The molecule has 0 unspecified atom stereocenters. The second kappa shape index (κ2) is 9.61. The van der Waals surface area contributed by atoms with Crippen LogP contribution in [0.25, 0.3) is 0 Å². The number of amides is 1. The summed E-state index contributed by atoms with van der Waals surface area (Å²) < 4.78 is 33.3. The Morgan fingerprint density at radius 2 is 1.73 bits per heavy atom. The van der Waals surface area contributed by atoms with Crippen LogP contribution in [0.4, 0.5) is 10.5 Å². The molecule has 2 rings (SSSR count). The van der Waals surface area contributed by atoms with Gasteiger partial charge in [0.1, 0.15) is 23.3 Å². The third-order valence-electron chi connectivity index (χ3n) is 4.26. The Hall–Kier alpha value is -3.08. The van der Waals surface area contributed by atoms with Crippen LogP contribution in [0.15, 0.2) is 40.9 Å². The molecule has 0 saturated carbocycles. The molecule has 1 aliphatic rings. The van der Waals surface area contributed by atoms with Gasteiger partial charge in [-0.3, -0.25) is 0 Å². The number of nitrogens with one attached hydrogen (secondary N) is 2. The van der Waals surface area contributed by atoms with Gasteiger partial charge in [0.25, 0.3) is 0 Å². The molecular weight excluding hydrogens is 406 g/mol. The van der Waals surface area contributed by atoms with Crippen molar-refractivity contribution in [1.29, 1.82) is 10.5 Å². The van der Waals surface area contributed by atoms with Gasteiger partial charge < -0.3 is 15.0 Å². The predicted molar refractivity (Wildman–Crippen MR) is 111 cm³/mol. The predicted octanol–water partition coefficient (Wildman–Crippen LogP) is 2.71. The van der Waals surface area contributed by atoms with Crippen LogP contribution >= 0.6 is 0 Å². The number of anilines is 1. The summed E-state index contributed by atoms with van der Waals surface area (Å²) in [6.45, 7) is 6.23. The average Bonchev–Trinajstić information content (AvgIpc) is 2.68. The number of nitrogens with zero attached hydrogens (tertiary/aromatic N) is 3. The van der Waals surface area contributed by atoms with Gasteiger partial charge in [-0.25, -0.2) is 17.9 Å². The van der Waals surface area contributed by atoms with Crippen LogP contribution in [0.3, 0.4) is 0 Å². The highest BCUT2D eigenvalue weighted by atomic mass is 32.2. The average molecular weight is 432 g/mol. The Bertz CT molecular complexity index is 958. The van der Waals surface area contributed by atoms with E-state index in [1.165, 1.54) is 18.3 Å². The number of likely N-dealkylation sites (tertiary alicyclic amines) is 1. The topological polar surface area (TPSA) is 135 Å². The largest absolute Gasteiger partial charge is 0.444 e. The molecule has 1 aromatic carbocycles. The van der Waals surface area contributed by atoms with Crippen LogP contribution in [0.1, 0.15) is 33.6 Å². The minimum Gasteiger partial charge on any atom is -0.444 e. The molecule has 1 saturated heterocycles. The number of ether oxygens (including phenoxy) is 1. The van der Waals surface area contributed by atoms with E-state index in [1.54, 1.807) is 49.9 Å². The number of allylic oxidation sites excluding steroid dienone is 1. The summed E-state index contributed by atoms with van der Waals surface area (Å²) in [6, 6.07) is 9.13. The molecule has 0 bridgehead atoms. The maximum atomic E-state index is 12.6. The highest BCUT2D eigenvalue weighted by Crippen LogP contribution is 2.19. The van der Waals surface area contributed by atoms with Gasteiger partial charge in [-0.2, -0.15) is 10.5 Å². The van der Waals surface area contributed by atoms with Crippen molar-refractivity contribution in [3.05, 3.63) is 36.0 Å². The van der Waals surface area contributed by atoms with Gasteiger partial charge in [0.15, 0.2) is 0 Å². The van der Waals surface area contributed by atoms with Gasteiger partial charge in [-0.15, -0.1) is 0 Å². The van der Waals surface area contributed by atoms with Gasteiger partial charge in [-0.05, 0) is 57.9 Å². The Morgan fingerprint density at radius 1 is 1.17 bits per heavy atom. The monoisotopic (exact) mass is 431 g/mol. The Morgan fingerprint density at radius 3 is 2.23 bits per heavy atom. The lowest BCUT2D eigenvalue weighted by Gasteiger charge is -2.33. The van der Waals surface area contributed by atoms with E-state index < -0.39 is 21.7 Å². The number of benzene rings is 1. The number of sulfonamides is 1. The molecule has 0 radical (unpaired) electrons. The molecule has 0 aromatic heterocycles. The van der Waals surface area contributed by atoms with Crippen molar-refractivity contribution in [2.45, 2.75) is 50.2 Å². The van der Waals surface area contributed by atoms with Crippen molar-refractivity contribution >= 4 is 21.8 Å². The molecule has 10 heteroatoms. The summed E-state index contributed by atoms with van der Waals surface area (Å²) in [6.07, 6.45) is 1.85. The molecule has 160 valence electrons. The minimum absolute atomic E-state index is 0.0916. The van der Waals surface area contributed by atoms with E-state index in [1.807, 2.05) is 0 Å². The van der Waals surface area contributed by atoms with Crippen LogP contribution < -0.4 is 10.0 Å². The summed E-state index contributed by atoms with van der Waals surface area (Å²) >= 11 is 0. The number of hydrogen-bond donors (Lipinski definition) is 2. The van der Waals surface area contributed by atoms with Crippen molar-refractivity contribution in [2.24, 2.45) is 0 Å². The third-order valence-corrected chi connectivity index (χ3v) is 5.79. The van der Waals surface area contributed by atoms with Crippen LogP contribution in [0.5, 0.6) is 0 Å². The molecule has 1 heterocycles. The van der Waals surface area contributed by atoms with E-state index in [4.69, 9.17) is 15.3 Å². The van der Waals surface area contributed by atoms with E-state index in [9.17, 15) is 13.2 Å². The molecule has 9 nitrogen and oxygen atoms in total. The van der Waals surface area contributed by atoms with Crippen LogP contribution in [0.2, 0.25) is 0 Å². The number of piperidine rings is 1. The number of carbonyl (C=O) groups excluding carboxylic acids is 1. The van der Waals surface area contributed by atoms with Crippen molar-refractivity contribution < 1.29 is 17.9 Å². The Labute approximate surface area is 177 Å². The van der Waals surface area contributed by atoms with Crippen LogP contribution in [-0.2, 0) is 14.8 Å². The van der Waals surface area contributed by atoms with Crippen molar-refractivity contribution in [2.75, 3.05) is 18.4 Å². The molecule has 0 spiro atoms. The lowest BCUT2D eigenvalue weighted by Crippen LogP contribution is -2.47. The first kappa shape index (κ1) is 23.2. The number of nitriles is 2. The highest BCUT2D eigenvalue weighted by molar-refractivity contribution is 7.89. The summed E-state index contributed by atoms with van der Waals surface area (Å²) in [7, 11) is -3.72. The number of rotatable bonds is 5. The fourth-order valence-corrected chi connectivity index (χ4v) is 4.07. The molecule has 1 aliphatic heterocycles. The SMILES string of the molecule is CC(C)(C)OC(=O)N1CCC(NS(=O)(=O)c2ccc(NC=C(C#N)C#N)cc2)CC1. The summed E-state index contributed by atoms with van der Waals surface area (Å²) in [5.41, 5.74) is -0.120. The van der Waals surface area contributed by atoms with Crippen molar-refractivity contribution in [3.63, 3.8) is 0 Å². The van der Waals surface area contributed by atoms with Gasteiger partial charge in [0.2, 0.25) is 10.0 Å². The standard InChI is InChI=1S/C20H25N5O4S/c1-20(2,3)29-19(26)25-10-8-17(9-11-25)24-30(27,28)18-6-4-16(5-7-18)23-14-15(12-21)13-22/h4-7,14,17,23-24H,8-11H2,1-3H3. The van der Waals surface area contributed by atoms with E-state index in [0.717, 1.165) is 0 Å². The fraction of sp³-hybridized carbons (Fsp3) is 0.450. The number of carbonyl (C=O) groups is 1. The summed E-state index contributed by atoms with van der Waals surface area (Å²) in [5, 5.41) is 20.2. The van der Waals surface area contributed by atoms with Gasteiger partial charge >= 0.3 is 6.09 Å². The molecule has 1 amide bonds. The molecule has 2 N–H and O–H groups in total. The fourth-order valence-electron chi connectivity index (χ4n) is 2.77. The molecule has 0 aliphatic carbocycles. The second-order valence-electron chi connectivity index (χ2n) is 7.81. The van der Waals surface area contributed by atoms with Gasteiger partial charge in [0, 0.05) is 31.0 Å². The lowest BCUT2D eigenvalue weighted by atomic mass is 10.1.